The lowest BCUT2D eigenvalue weighted by atomic mass is 10.2. The molecule has 31 heavy (non-hydrogen) atoms. The van der Waals surface area contributed by atoms with Crippen molar-refractivity contribution in [2.24, 2.45) is 0 Å². The molecule has 0 saturated heterocycles. The van der Waals surface area contributed by atoms with Gasteiger partial charge in [0.05, 0.1) is 5.75 Å². The van der Waals surface area contributed by atoms with Crippen LogP contribution in [0, 0.1) is 0 Å². The second kappa shape index (κ2) is 10.5. The first-order chi connectivity index (χ1) is 14.9. The number of anilines is 1. The zero-order chi connectivity index (χ0) is 22.1. The van der Waals surface area contributed by atoms with E-state index in [0.29, 0.717) is 29.2 Å². The fraction of sp³-hybridized carbons (Fsp3) is 0.130. The van der Waals surface area contributed by atoms with Crippen molar-refractivity contribution >= 4 is 21.6 Å². The van der Waals surface area contributed by atoms with Crippen LogP contribution in [0.3, 0.4) is 0 Å². The molecule has 0 bridgehead atoms. The molecular formula is C23H23N3O4S. The zero-order valence-corrected chi connectivity index (χ0v) is 17.6. The smallest absolute Gasteiger partial charge is 0.255 e. The van der Waals surface area contributed by atoms with E-state index in [9.17, 15) is 13.2 Å². The lowest BCUT2D eigenvalue weighted by Crippen LogP contribution is -2.25. The van der Waals surface area contributed by atoms with Gasteiger partial charge in [-0.2, -0.15) is 0 Å². The van der Waals surface area contributed by atoms with Gasteiger partial charge in [0.15, 0.2) is 0 Å². The van der Waals surface area contributed by atoms with Crippen molar-refractivity contribution in [1.82, 2.24) is 9.71 Å². The standard InChI is InChI=1S/C23H23N3O4S/c1-2-12-25-31(28,29)17-18-8-10-21(11-9-18)26-23(27)20-6-3-7-22(14-20)30-16-19-5-4-13-24-15-19/h2-11,13-15,25H,1,12,16-17H2,(H,26,27). The van der Waals surface area contributed by atoms with Crippen LogP contribution in [0.15, 0.2) is 85.7 Å². The van der Waals surface area contributed by atoms with Gasteiger partial charge in [-0.25, -0.2) is 13.1 Å². The molecule has 0 saturated carbocycles. The molecule has 0 radical (unpaired) electrons. The molecule has 1 aromatic heterocycles. The van der Waals surface area contributed by atoms with Crippen molar-refractivity contribution in [3.05, 3.63) is 102 Å². The van der Waals surface area contributed by atoms with Crippen molar-refractivity contribution in [2.75, 3.05) is 11.9 Å². The van der Waals surface area contributed by atoms with Gasteiger partial charge in [-0.15, -0.1) is 6.58 Å². The van der Waals surface area contributed by atoms with Gasteiger partial charge < -0.3 is 10.1 Å². The lowest BCUT2D eigenvalue weighted by molar-refractivity contribution is 0.102. The molecule has 2 N–H and O–H groups in total. The number of rotatable bonds is 10. The van der Waals surface area contributed by atoms with E-state index in [0.717, 1.165) is 5.56 Å². The summed E-state index contributed by atoms with van der Waals surface area (Å²) in [5, 5.41) is 2.80. The first kappa shape index (κ1) is 22.2. The number of hydrogen-bond acceptors (Lipinski definition) is 5. The fourth-order valence-electron chi connectivity index (χ4n) is 2.72. The molecular weight excluding hydrogens is 414 g/mol. The predicted octanol–water partition coefficient (Wildman–Crippen LogP) is 3.52. The highest BCUT2D eigenvalue weighted by Gasteiger charge is 2.11. The highest BCUT2D eigenvalue weighted by atomic mass is 32.2. The van der Waals surface area contributed by atoms with Crippen LogP contribution >= 0.6 is 0 Å². The van der Waals surface area contributed by atoms with Crippen LogP contribution in [0.25, 0.3) is 0 Å². The van der Waals surface area contributed by atoms with Crippen molar-refractivity contribution < 1.29 is 17.9 Å². The molecule has 0 aliphatic heterocycles. The summed E-state index contributed by atoms with van der Waals surface area (Å²) in [6.45, 7) is 4.02. The molecule has 0 atom stereocenters. The summed E-state index contributed by atoms with van der Waals surface area (Å²) in [5.41, 5.74) is 2.55. The number of benzene rings is 2. The molecule has 1 amide bonds. The Morgan fingerprint density at radius 1 is 1.06 bits per heavy atom. The number of carbonyl (C=O) groups excluding carboxylic acids is 1. The van der Waals surface area contributed by atoms with E-state index >= 15 is 0 Å². The average molecular weight is 438 g/mol. The SMILES string of the molecule is C=CCNS(=O)(=O)Cc1ccc(NC(=O)c2cccc(OCc3cccnc3)c2)cc1. The van der Waals surface area contributed by atoms with E-state index in [1.165, 1.54) is 6.08 Å². The number of ether oxygens (including phenoxy) is 1. The molecule has 0 spiro atoms. The average Bonchev–Trinajstić information content (AvgIpc) is 2.78. The maximum Gasteiger partial charge on any atom is 0.255 e. The van der Waals surface area contributed by atoms with Gasteiger partial charge in [0.2, 0.25) is 10.0 Å². The third-order valence-corrected chi connectivity index (χ3v) is 5.56. The van der Waals surface area contributed by atoms with Crippen molar-refractivity contribution in [1.29, 1.82) is 0 Å². The number of pyridine rings is 1. The summed E-state index contributed by atoms with van der Waals surface area (Å²) >= 11 is 0. The van der Waals surface area contributed by atoms with Crippen LogP contribution in [-0.2, 0) is 22.4 Å². The Morgan fingerprint density at radius 2 is 1.87 bits per heavy atom. The summed E-state index contributed by atoms with van der Waals surface area (Å²) in [5.74, 6) is 0.134. The number of nitrogens with one attached hydrogen (secondary N) is 2. The van der Waals surface area contributed by atoms with E-state index in [1.54, 1.807) is 60.9 Å². The first-order valence-corrected chi connectivity index (χ1v) is 11.2. The molecule has 7 nitrogen and oxygen atoms in total. The van der Waals surface area contributed by atoms with Gasteiger partial charge in [-0.3, -0.25) is 9.78 Å². The largest absolute Gasteiger partial charge is 0.489 e. The molecule has 2 aromatic carbocycles. The summed E-state index contributed by atoms with van der Waals surface area (Å²) < 4.78 is 32.0. The Balaban J connectivity index is 1.59. The monoisotopic (exact) mass is 437 g/mol. The fourth-order valence-corrected chi connectivity index (χ4v) is 3.83. The summed E-state index contributed by atoms with van der Waals surface area (Å²) in [6.07, 6.45) is 4.90. The van der Waals surface area contributed by atoms with Crippen LogP contribution < -0.4 is 14.8 Å². The maximum absolute atomic E-state index is 12.6. The molecule has 3 rings (SSSR count). The van der Waals surface area contributed by atoms with Crippen molar-refractivity contribution in [3.8, 4) is 5.75 Å². The summed E-state index contributed by atoms with van der Waals surface area (Å²) in [4.78, 5) is 16.6. The normalized spacial score (nSPS) is 11.0. The molecule has 0 unspecified atom stereocenters. The Kier molecular flexibility index (Phi) is 7.53. The number of hydrogen-bond donors (Lipinski definition) is 2. The highest BCUT2D eigenvalue weighted by Crippen LogP contribution is 2.17. The maximum atomic E-state index is 12.6. The van der Waals surface area contributed by atoms with Gasteiger partial charge >= 0.3 is 0 Å². The Bertz CT molecular complexity index is 1130. The van der Waals surface area contributed by atoms with Crippen LogP contribution in [0.1, 0.15) is 21.5 Å². The van der Waals surface area contributed by atoms with E-state index in [4.69, 9.17) is 4.74 Å². The minimum absolute atomic E-state index is 0.147. The quantitative estimate of drug-likeness (QED) is 0.473. The molecule has 0 aliphatic rings. The molecule has 1 heterocycles. The van der Waals surface area contributed by atoms with E-state index in [2.05, 4.69) is 21.6 Å². The van der Waals surface area contributed by atoms with Crippen molar-refractivity contribution in [3.63, 3.8) is 0 Å². The summed E-state index contributed by atoms with van der Waals surface area (Å²) in [7, 11) is -3.43. The number of sulfonamides is 1. The number of amides is 1. The number of nitrogens with zero attached hydrogens (tertiary/aromatic N) is 1. The number of aromatic nitrogens is 1. The second-order valence-electron chi connectivity index (χ2n) is 6.73. The van der Waals surface area contributed by atoms with Crippen LogP contribution in [-0.4, -0.2) is 25.9 Å². The minimum atomic E-state index is -3.43. The topological polar surface area (TPSA) is 97.4 Å². The Labute approximate surface area is 181 Å². The van der Waals surface area contributed by atoms with Gasteiger partial charge in [0, 0.05) is 35.8 Å². The molecule has 3 aromatic rings. The third-order valence-electron chi connectivity index (χ3n) is 4.24. The minimum Gasteiger partial charge on any atom is -0.489 e. The lowest BCUT2D eigenvalue weighted by Gasteiger charge is -2.10. The van der Waals surface area contributed by atoms with Crippen molar-refractivity contribution in [2.45, 2.75) is 12.4 Å². The van der Waals surface area contributed by atoms with Gasteiger partial charge in [0.1, 0.15) is 12.4 Å². The van der Waals surface area contributed by atoms with E-state index < -0.39 is 10.0 Å². The van der Waals surface area contributed by atoms with Crippen LogP contribution in [0.2, 0.25) is 0 Å². The van der Waals surface area contributed by atoms with Gasteiger partial charge in [-0.1, -0.05) is 30.3 Å². The first-order valence-electron chi connectivity index (χ1n) is 9.55. The Morgan fingerprint density at radius 3 is 2.58 bits per heavy atom. The zero-order valence-electron chi connectivity index (χ0n) is 16.8. The van der Waals surface area contributed by atoms with Crippen LogP contribution in [0.4, 0.5) is 5.69 Å². The molecule has 0 fully saturated rings. The second-order valence-corrected chi connectivity index (χ2v) is 8.53. The van der Waals surface area contributed by atoms with E-state index in [1.807, 2.05) is 12.1 Å². The Hall–Kier alpha value is -3.49. The molecule has 0 aliphatic carbocycles. The molecule has 8 heteroatoms. The van der Waals surface area contributed by atoms with Gasteiger partial charge in [0.25, 0.3) is 5.91 Å². The number of carbonyl (C=O) groups is 1. The summed E-state index contributed by atoms with van der Waals surface area (Å²) in [6, 6.07) is 17.3. The molecule has 160 valence electrons. The van der Waals surface area contributed by atoms with E-state index in [-0.39, 0.29) is 18.2 Å². The highest BCUT2D eigenvalue weighted by molar-refractivity contribution is 7.88. The predicted molar refractivity (Wildman–Crippen MR) is 120 cm³/mol. The van der Waals surface area contributed by atoms with Gasteiger partial charge in [-0.05, 0) is 42.0 Å². The third kappa shape index (κ3) is 7.06. The van der Waals surface area contributed by atoms with Crippen LogP contribution in [0.5, 0.6) is 5.75 Å².